The van der Waals surface area contributed by atoms with E-state index in [1.54, 1.807) is 0 Å². The highest BCUT2D eigenvalue weighted by molar-refractivity contribution is 4.82. The molecule has 1 heteroatoms. The zero-order chi connectivity index (χ0) is 13.2. The van der Waals surface area contributed by atoms with Crippen LogP contribution in [0.15, 0.2) is 0 Å². The topological polar surface area (TPSA) is 3.24 Å². The molecule has 0 aromatic rings. The summed E-state index contributed by atoms with van der Waals surface area (Å²) in [6, 6.07) is 1.43. The summed E-state index contributed by atoms with van der Waals surface area (Å²) in [4.78, 5) is 2.59. The van der Waals surface area contributed by atoms with Crippen LogP contribution in [0.1, 0.15) is 67.2 Å². The van der Waals surface area contributed by atoms with E-state index in [1.807, 2.05) is 0 Å². The molecular formula is C16H33N. The van der Waals surface area contributed by atoms with E-state index in [4.69, 9.17) is 0 Å². The molecule has 17 heavy (non-hydrogen) atoms. The van der Waals surface area contributed by atoms with E-state index in [2.05, 4.69) is 53.5 Å². The Bertz CT molecular complexity index is 234. The summed E-state index contributed by atoms with van der Waals surface area (Å²) in [5, 5.41) is 0. The third-order valence-electron chi connectivity index (χ3n) is 4.69. The van der Waals surface area contributed by atoms with E-state index in [-0.39, 0.29) is 0 Å². The lowest BCUT2D eigenvalue weighted by Crippen LogP contribution is -2.41. The number of rotatable bonds is 0. The molecular weight excluding hydrogens is 206 g/mol. The monoisotopic (exact) mass is 239 g/mol. The largest absolute Gasteiger partial charge is 0.301 e. The lowest BCUT2D eigenvalue weighted by Gasteiger charge is -2.40. The van der Waals surface area contributed by atoms with Crippen LogP contribution >= 0.6 is 0 Å². The van der Waals surface area contributed by atoms with Crippen molar-refractivity contribution in [3.05, 3.63) is 0 Å². The predicted octanol–water partition coefficient (Wildman–Crippen LogP) is 4.57. The molecule has 4 atom stereocenters. The maximum atomic E-state index is 2.59. The van der Waals surface area contributed by atoms with E-state index < -0.39 is 0 Å². The summed E-state index contributed by atoms with van der Waals surface area (Å²) in [7, 11) is 2.31. The second-order valence-corrected chi connectivity index (χ2v) is 7.62. The average molecular weight is 239 g/mol. The van der Waals surface area contributed by atoms with Crippen molar-refractivity contribution in [2.24, 2.45) is 17.3 Å². The predicted molar refractivity (Wildman–Crippen MR) is 77.3 cm³/mol. The number of nitrogens with zero attached hydrogens (tertiary/aromatic N) is 1. The van der Waals surface area contributed by atoms with Crippen LogP contribution in [0.25, 0.3) is 0 Å². The molecule has 1 saturated heterocycles. The van der Waals surface area contributed by atoms with Crippen molar-refractivity contribution in [2.45, 2.75) is 79.3 Å². The molecule has 0 aromatic carbocycles. The van der Waals surface area contributed by atoms with Crippen molar-refractivity contribution in [3.8, 4) is 0 Å². The van der Waals surface area contributed by atoms with E-state index in [1.165, 1.54) is 25.7 Å². The third kappa shape index (κ3) is 4.62. The van der Waals surface area contributed by atoms with Gasteiger partial charge in [0.25, 0.3) is 0 Å². The Balaban J connectivity index is 2.79. The van der Waals surface area contributed by atoms with Gasteiger partial charge in [0.15, 0.2) is 0 Å². The van der Waals surface area contributed by atoms with Crippen LogP contribution < -0.4 is 0 Å². The molecule has 1 fully saturated rings. The molecule has 4 unspecified atom stereocenters. The fourth-order valence-electron chi connectivity index (χ4n) is 4.02. The molecule has 0 bridgehead atoms. The van der Waals surface area contributed by atoms with Gasteiger partial charge in [-0.1, -0.05) is 27.7 Å². The summed E-state index contributed by atoms with van der Waals surface area (Å²) in [5.41, 5.74) is 0.490. The first-order chi connectivity index (χ1) is 7.71. The van der Waals surface area contributed by atoms with Gasteiger partial charge < -0.3 is 4.90 Å². The lowest BCUT2D eigenvalue weighted by atomic mass is 9.75. The standard InChI is InChI=1S/C16H33N/c1-12-8-13(2)10-16(5,6)11-15(4)17(7)14(3)9-12/h12-15H,8-11H2,1-7H3. The molecule has 0 saturated carbocycles. The third-order valence-corrected chi connectivity index (χ3v) is 4.69. The first kappa shape index (κ1) is 15.0. The van der Waals surface area contributed by atoms with E-state index in [0.717, 1.165) is 17.9 Å². The average Bonchev–Trinajstić information content (AvgIpc) is 2.12. The second kappa shape index (κ2) is 5.73. The normalized spacial score (nSPS) is 41.1. The molecule has 1 aliphatic heterocycles. The number of hydrogen-bond acceptors (Lipinski definition) is 1. The van der Waals surface area contributed by atoms with Gasteiger partial charge >= 0.3 is 0 Å². The lowest BCUT2D eigenvalue weighted by molar-refractivity contribution is 0.0983. The Hall–Kier alpha value is -0.0400. The van der Waals surface area contributed by atoms with Crippen molar-refractivity contribution in [1.29, 1.82) is 0 Å². The minimum absolute atomic E-state index is 0.490. The molecule has 0 spiro atoms. The van der Waals surface area contributed by atoms with Crippen LogP contribution in [0.3, 0.4) is 0 Å². The van der Waals surface area contributed by atoms with Crippen LogP contribution in [0, 0.1) is 17.3 Å². The Kier molecular flexibility index (Phi) is 5.07. The maximum absolute atomic E-state index is 2.59. The van der Waals surface area contributed by atoms with Gasteiger partial charge in [-0.15, -0.1) is 0 Å². The highest BCUT2D eigenvalue weighted by Gasteiger charge is 2.29. The van der Waals surface area contributed by atoms with E-state index >= 15 is 0 Å². The summed E-state index contributed by atoms with van der Waals surface area (Å²) < 4.78 is 0. The van der Waals surface area contributed by atoms with Crippen LogP contribution in [-0.4, -0.2) is 24.0 Å². The van der Waals surface area contributed by atoms with Crippen LogP contribution in [0.4, 0.5) is 0 Å². The van der Waals surface area contributed by atoms with E-state index in [9.17, 15) is 0 Å². The van der Waals surface area contributed by atoms with Crippen molar-refractivity contribution < 1.29 is 0 Å². The van der Waals surface area contributed by atoms with Gasteiger partial charge in [-0.3, -0.25) is 0 Å². The smallest absolute Gasteiger partial charge is 0.00717 e. The fraction of sp³-hybridized carbons (Fsp3) is 1.00. The summed E-state index contributed by atoms with van der Waals surface area (Å²) in [6.07, 6.45) is 5.46. The van der Waals surface area contributed by atoms with Crippen LogP contribution in [0.2, 0.25) is 0 Å². The van der Waals surface area contributed by atoms with Crippen molar-refractivity contribution >= 4 is 0 Å². The Labute approximate surface area is 109 Å². The zero-order valence-corrected chi connectivity index (χ0v) is 13.1. The maximum Gasteiger partial charge on any atom is 0.00717 e. The first-order valence-electron chi connectivity index (χ1n) is 7.43. The van der Waals surface area contributed by atoms with Crippen molar-refractivity contribution in [1.82, 2.24) is 4.90 Å². The second-order valence-electron chi connectivity index (χ2n) is 7.62. The Morgan fingerprint density at radius 1 is 0.824 bits per heavy atom. The van der Waals surface area contributed by atoms with Gasteiger partial charge in [-0.05, 0) is 63.8 Å². The molecule has 0 aromatic heterocycles. The fourth-order valence-corrected chi connectivity index (χ4v) is 4.02. The molecule has 0 amide bonds. The molecule has 0 aliphatic carbocycles. The van der Waals surface area contributed by atoms with Gasteiger partial charge in [-0.25, -0.2) is 0 Å². The molecule has 0 radical (unpaired) electrons. The first-order valence-corrected chi connectivity index (χ1v) is 7.43. The van der Waals surface area contributed by atoms with E-state index in [0.29, 0.717) is 11.5 Å². The molecule has 1 nitrogen and oxygen atoms in total. The minimum atomic E-state index is 0.490. The number of hydrogen-bond donors (Lipinski definition) is 0. The molecule has 1 rings (SSSR count). The Morgan fingerprint density at radius 2 is 1.41 bits per heavy atom. The highest BCUT2D eigenvalue weighted by Crippen LogP contribution is 2.36. The molecule has 102 valence electrons. The van der Waals surface area contributed by atoms with Crippen molar-refractivity contribution in [2.75, 3.05) is 7.05 Å². The van der Waals surface area contributed by atoms with Crippen molar-refractivity contribution in [3.63, 3.8) is 0 Å². The minimum Gasteiger partial charge on any atom is -0.301 e. The van der Waals surface area contributed by atoms with Gasteiger partial charge in [0, 0.05) is 12.1 Å². The summed E-state index contributed by atoms with van der Waals surface area (Å²) in [6.45, 7) is 14.6. The SMILES string of the molecule is CC1CC(C)CC(C)(C)CC(C)N(C)C(C)C1. The molecule has 1 aliphatic rings. The summed E-state index contributed by atoms with van der Waals surface area (Å²) in [5.74, 6) is 1.74. The van der Waals surface area contributed by atoms with Gasteiger partial charge in [-0.2, -0.15) is 0 Å². The zero-order valence-electron chi connectivity index (χ0n) is 13.1. The van der Waals surface area contributed by atoms with Crippen LogP contribution in [0.5, 0.6) is 0 Å². The summed E-state index contributed by atoms with van der Waals surface area (Å²) >= 11 is 0. The van der Waals surface area contributed by atoms with Gasteiger partial charge in [0.05, 0.1) is 0 Å². The van der Waals surface area contributed by atoms with Crippen LogP contribution in [-0.2, 0) is 0 Å². The Morgan fingerprint density at radius 3 is 2.00 bits per heavy atom. The molecule has 0 N–H and O–H groups in total. The molecule has 1 heterocycles. The van der Waals surface area contributed by atoms with Gasteiger partial charge in [0.2, 0.25) is 0 Å². The quantitative estimate of drug-likeness (QED) is 0.598. The van der Waals surface area contributed by atoms with Gasteiger partial charge in [0.1, 0.15) is 0 Å². The highest BCUT2D eigenvalue weighted by atomic mass is 15.1.